The van der Waals surface area contributed by atoms with Crippen molar-refractivity contribution in [3.63, 3.8) is 0 Å². The number of rotatable bonds is 3. The Balaban J connectivity index is 1.27. The molecule has 5 heterocycles. The van der Waals surface area contributed by atoms with Crippen LogP contribution in [-0.4, -0.2) is 44.0 Å². The summed E-state index contributed by atoms with van der Waals surface area (Å²) in [6, 6.07) is 7.83. The zero-order valence-electron chi connectivity index (χ0n) is 15.6. The number of aromatic nitrogens is 3. The second-order valence-electron chi connectivity index (χ2n) is 7.51. The topological polar surface area (TPSA) is 60.2 Å². The summed E-state index contributed by atoms with van der Waals surface area (Å²) in [5.41, 5.74) is 2.99. The van der Waals surface area contributed by atoms with Gasteiger partial charge in [-0.15, -0.1) is 0 Å². The molecule has 1 spiro atoms. The first kappa shape index (κ1) is 17.6. The van der Waals surface area contributed by atoms with Gasteiger partial charge in [0.15, 0.2) is 0 Å². The molecule has 1 saturated heterocycles. The molecule has 3 aromatic rings. The average Bonchev–Trinajstić information content (AvgIpc) is 3.38. The number of nitrogens with zero attached hydrogens (tertiary/aromatic N) is 4. The molecule has 2 aliphatic heterocycles. The Morgan fingerprint density at radius 3 is 2.86 bits per heavy atom. The number of amides is 1. The Morgan fingerprint density at radius 1 is 1.21 bits per heavy atom. The number of carbonyl (C=O) groups is 1. The van der Waals surface area contributed by atoms with Gasteiger partial charge < -0.3 is 14.2 Å². The molecule has 0 unspecified atom stereocenters. The first-order chi connectivity index (χ1) is 13.7. The number of pyridine rings is 1. The Bertz CT molecular complexity index is 960. The van der Waals surface area contributed by atoms with Gasteiger partial charge >= 0.3 is 0 Å². The van der Waals surface area contributed by atoms with E-state index in [1.165, 1.54) is 5.56 Å². The fourth-order valence-electron chi connectivity index (χ4n) is 4.13. The largest absolute Gasteiger partial charge is 0.365 e. The smallest absolute Gasteiger partial charge is 0.228 e. The van der Waals surface area contributed by atoms with Crippen LogP contribution in [0.15, 0.2) is 47.4 Å². The average molecular weight is 394 g/mol. The second kappa shape index (κ2) is 7.14. The highest BCUT2D eigenvalue weighted by molar-refractivity contribution is 7.08. The highest BCUT2D eigenvalue weighted by atomic mass is 32.1. The van der Waals surface area contributed by atoms with Crippen molar-refractivity contribution >= 4 is 17.2 Å². The number of piperidine rings is 1. The van der Waals surface area contributed by atoms with Crippen molar-refractivity contribution in [1.29, 1.82) is 0 Å². The van der Waals surface area contributed by atoms with Gasteiger partial charge in [-0.05, 0) is 36.4 Å². The summed E-state index contributed by atoms with van der Waals surface area (Å²) in [6.45, 7) is 2.79. The van der Waals surface area contributed by atoms with Crippen molar-refractivity contribution in [1.82, 2.24) is 19.4 Å². The fraction of sp³-hybridized carbons (Fsp3) is 0.381. The molecule has 1 fully saturated rings. The molecule has 0 atom stereocenters. The van der Waals surface area contributed by atoms with Gasteiger partial charge in [-0.2, -0.15) is 11.3 Å². The number of thiophene rings is 1. The molecular formula is C21H22N4O2S. The minimum Gasteiger partial charge on any atom is -0.365 e. The van der Waals surface area contributed by atoms with E-state index in [-0.39, 0.29) is 11.5 Å². The quantitative estimate of drug-likeness (QED) is 0.685. The molecular weight excluding hydrogens is 372 g/mol. The lowest BCUT2D eigenvalue weighted by molar-refractivity contribution is -0.145. The zero-order chi connectivity index (χ0) is 19.0. The van der Waals surface area contributed by atoms with Gasteiger partial charge in [0.2, 0.25) is 5.91 Å². The van der Waals surface area contributed by atoms with Crippen molar-refractivity contribution in [2.75, 3.05) is 13.1 Å². The van der Waals surface area contributed by atoms with Gasteiger partial charge in [0.05, 0.1) is 30.5 Å². The Labute approximate surface area is 167 Å². The van der Waals surface area contributed by atoms with Crippen LogP contribution < -0.4 is 0 Å². The van der Waals surface area contributed by atoms with Crippen molar-refractivity contribution in [2.24, 2.45) is 0 Å². The summed E-state index contributed by atoms with van der Waals surface area (Å²) in [7, 11) is 0. The number of fused-ring (bicyclic) bond motifs is 1. The van der Waals surface area contributed by atoms with Crippen LogP contribution in [0.25, 0.3) is 11.3 Å². The third kappa shape index (κ3) is 3.25. The standard InChI is InChI=1S/C21H22N4O2S/c26-20(11-17-3-1-2-7-22-17)24-8-5-21(6-9-24)15-25-18(16-4-10-28-14-16)12-23-19(25)13-27-21/h1-4,7,10,12,14H,5-6,8-9,11,13,15H2. The van der Waals surface area contributed by atoms with E-state index < -0.39 is 0 Å². The summed E-state index contributed by atoms with van der Waals surface area (Å²) in [5, 5.41) is 4.25. The summed E-state index contributed by atoms with van der Waals surface area (Å²) in [5.74, 6) is 1.13. The summed E-state index contributed by atoms with van der Waals surface area (Å²) >= 11 is 1.70. The lowest BCUT2D eigenvalue weighted by atomic mass is 9.89. The Kier molecular flexibility index (Phi) is 4.49. The lowest BCUT2D eigenvalue weighted by Crippen LogP contribution is -2.52. The third-order valence-electron chi connectivity index (χ3n) is 5.79. The number of imidazole rings is 1. The maximum absolute atomic E-state index is 12.6. The van der Waals surface area contributed by atoms with Gasteiger partial charge in [-0.1, -0.05) is 6.07 Å². The monoisotopic (exact) mass is 394 g/mol. The zero-order valence-corrected chi connectivity index (χ0v) is 16.4. The van der Waals surface area contributed by atoms with Crippen molar-refractivity contribution in [3.8, 4) is 11.3 Å². The number of carbonyl (C=O) groups excluding carboxylic acids is 1. The maximum Gasteiger partial charge on any atom is 0.228 e. The predicted molar refractivity (Wildman–Crippen MR) is 107 cm³/mol. The minimum atomic E-state index is -0.208. The van der Waals surface area contributed by atoms with Crippen LogP contribution in [0.5, 0.6) is 0 Å². The van der Waals surface area contributed by atoms with Crippen molar-refractivity contribution in [3.05, 3.63) is 58.9 Å². The van der Waals surface area contributed by atoms with Crippen LogP contribution in [0.4, 0.5) is 0 Å². The van der Waals surface area contributed by atoms with E-state index >= 15 is 0 Å². The van der Waals surface area contributed by atoms with E-state index in [9.17, 15) is 4.79 Å². The highest BCUT2D eigenvalue weighted by Gasteiger charge is 2.41. The van der Waals surface area contributed by atoms with E-state index in [1.807, 2.05) is 29.3 Å². The fourth-order valence-corrected chi connectivity index (χ4v) is 4.78. The molecule has 7 heteroatoms. The second-order valence-corrected chi connectivity index (χ2v) is 8.29. The van der Waals surface area contributed by atoms with E-state index in [0.717, 1.165) is 49.7 Å². The SMILES string of the molecule is O=C(Cc1ccccn1)N1CCC2(CC1)Cn1c(-c3ccsc3)cnc1CO2. The molecule has 0 N–H and O–H groups in total. The predicted octanol–water partition coefficient (Wildman–Crippen LogP) is 3.14. The van der Waals surface area contributed by atoms with Crippen molar-refractivity contribution in [2.45, 2.75) is 38.0 Å². The molecule has 5 rings (SSSR count). The molecule has 0 radical (unpaired) electrons. The van der Waals surface area contributed by atoms with Crippen LogP contribution in [0.2, 0.25) is 0 Å². The highest BCUT2D eigenvalue weighted by Crippen LogP contribution is 2.36. The molecule has 0 aliphatic carbocycles. The Hall–Kier alpha value is -2.51. The molecule has 1 amide bonds. The number of hydrogen-bond donors (Lipinski definition) is 0. The number of hydrogen-bond acceptors (Lipinski definition) is 5. The van der Waals surface area contributed by atoms with Gasteiger partial charge in [-0.25, -0.2) is 4.98 Å². The molecule has 0 saturated carbocycles. The van der Waals surface area contributed by atoms with Crippen LogP contribution in [-0.2, 0) is 29.1 Å². The van der Waals surface area contributed by atoms with Gasteiger partial charge in [0.25, 0.3) is 0 Å². The molecule has 3 aromatic heterocycles. The summed E-state index contributed by atoms with van der Waals surface area (Å²) < 4.78 is 8.58. The van der Waals surface area contributed by atoms with Crippen LogP contribution in [0.1, 0.15) is 24.4 Å². The lowest BCUT2D eigenvalue weighted by Gasteiger charge is -2.44. The van der Waals surface area contributed by atoms with Crippen LogP contribution in [0, 0.1) is 0 Å². The third-order valence-corrected chi connectivity index (χ3v) is 6.48. The van der Waals surface area contributed by atoms with Crippen LogP contribution in [0.3, 0.4) is 0 Å². The van der Waals surface area contributed by atoms with Gasteiger partial charge in [0, 0.05) is 35.9 Å². The molecule has 28 heavy (non-hydrogen) atoms. The van der Waals surface area contributed by atoms with E-state index in [2.05, 4.69) is 31.4 Å². The van der Waals surface area contributed by atoms with Gasteiger partial charge in [-0.3, -0.25) is 9.78 Å². The first-order valence-electron chi connectivity index (χ1n) is 9.61. The Morgan fingerprint density at radius 2 is 2.11 bits per heavy atom. The van der Waals surface area contributed by atoms with E-state index in [1.54, 1.807) is 17.5 Å². The van der Waals surface area contributed by atoms with Crippen LogP contribution >= 0.6 is 11.3 Å². The summed E-state index contributed by atoms with van der Waals surface area (Å²) in [4.78, 5) is 23.4. The molecule has 0 bridgehead atoms. The van der Waals surface area contributed by atoms with E-state index in [4.69, 9.17) is 4.74 Å². The maximum atomic E-state index is 12.6. The van der Waals surface area contributed by atoms with Gasteiger partial charge in [0.1, 0.15) is 12.4 Å². The molecule has 2 aliphatic rings. The normalized spacial score (nSPS) is 18.2. The molecule has 144 valence electrons. The number of likely N-dealkylation sites (tertiary alicyclic amines) is 1. The van der Waals surface area contributed by atoms with E-state index in [0.29, 0.717) is 13.0 Å². The molecule has 0 aromatic carbocycles. The minimum absolute atomic E-state index is 0.145. The van der Waals surface area contributed by atoms with Crippen molar-refractivity contribution < 1.29 is 9.53 Å². The summed E-state index contributed by atoms with van der Waals surface area (Å²) in [6.07, 6.45) is 5.74. The first-order valence-corrected chi connectivity index (χ1v) is 10.6. The molecule has 6 nitrogen and oxygen atoms in total. The number of ether oxygens (including phenoxy) is 1.